The van der Waals surface area contributed by atoms with Gasteiger partial charge in [0.15, 0.2) is 0 Å². The van der Waals surface area contributed by atoms with Gasteiger partial charge in [-0.2, -0.15) is 0 Å². The molecule has 1 aliphatic rings. The van der Waals surface area contributed by atoms with Crippen LogP contribution in [0.5, 0.6) is 0 Å². The average Bonchev–Trinajstić information content (AvgIpc) is 3.03. The fourth-order valence-corrected chi connectivity index (χ4v) is 3.53. The smallest absolute Gasteiger partial charge is 0.141 e. The van der Waals surface area contributed by atoms with Crippen LogP contribution in [0.2, 0.25) is 0 Å². The second-order valence-electron chi connectivity index (χ2n) is 5.29. The van der Waals surface area contributed by atoms with Crippen LogP contribution in [-0.4, -0.2) is 10.1 Å². The Labute approximate surface area is 140 Å². The van der Waals surface area contributed by atoms with Crippen LogP contribution in [0, 0.1) is 8.48 Å². The van der Waals surface area contributed by atoms with Crippen molar-refractivity contribution in [3.63, 3.8) is 0 Å². The summed E-state index contributed by atoms with van der Waals surface area (Å²) in [5.74, 6) is 0.272. The fourth-order valence-electron chi connectivity index (χ4n) is 3.04. The summed E-state index contributed by atoms with van der Waals surface area (Å²) in [6.07, 6.45) is 0.481. The number of H-pyrrole nitrogens is 1. The maximum absolute atomic E-state index is 11.4. The van der Waals surface area contributed by atoms with Gasteiger partial charge in [-0.15, -0.1) is 4.91 Å². The molecule has 5 heteroatoms. The standard InChI is InChI=1S/C17H11IN2O2/c18-10-6-5-9-7-14(21)15(12(9)8-10)17-16(20-22)11-3-1-2-4-13(11)19-17/h1-6,8,19,21H,7H2. The van der Waals surface area contributed by atoms with E-state index >= 15 is 0 Å². The van der Waals surface area contributed by atoms with E-state index in [2.05, 4.69) is 32.8 Å². The van der Waals surface area contributed by atoms with Crippen molar-refractivity contribution in [1.29, 1.82) is 0 Å². The van der Waals surface area contributed by atoms with Crippen molar-refractivity contribution in [3.8, 4) is 0 Å². The minimum Gasteiger partial charge on any atom is -0.511 e. The van der Waals surface area contributed by atoms with Gasteiger partial charge < -0.3 is 10.1 Å². The lowest BCUT2D eigenvalue weighted by Gasteiger charge is -2.05. The molecule has 0 bridgehead atoms. The number of aromatic amines is 1. The van der Waals surface area contributed by atoms with Crippen molar-refractivity contribution in [3.05, 3.63) is 73.5 Å². The van der Waals surface area contributed by atoms with Crippen LogP contribution < -0.4 is 0 Å². The molecule has 3 aromatic rings. The van der Waals surface area contributed by atoms with E-state index in [0.29, 0.717) is 23.4 Å². The molecule has 108 valence electrons. The van der Waals surface area contributed by atoms with Crippen molar-refractivity contribution >= 4 is 44.8 Å². The van der Waals surface area contributed by atoms with E-state index in [4.69, 9.17) is 0 Å². The van der Waals surface area contributed by atoms with Gasteiger partial charge in [-0.3, -0.25) is 0 Å². The summed E-state index contributed by atoms with van der Waals surface area (Å²) in [7, 11) is 0. The summed E-state index contributed by atoms with van der Waals surface area (Å²) in [5, 5.41) is 14.4. The predicted molar refractivity (Wildman–Crippen MR) is 95.3 cm³/mol. The van der Waals surface area contributed by atoms with Crippen LogP contribution in [0.25, 0.3) is 16.5 Å². The molecular formula is C17H11IN2O2. The summed E-state index contributed by atoms with van der Waals surface area (Å²) in [5.41, 5.74) is 4.48. The number of aliphatic hydroxyl groups excluding tert-OH is 1. The molecule has 0 atom stereocenters. The molecule has 0 radical (unpaired) electrons. The topological polar surface area (TPSA) is 65.4 Å². The van der Waals surface area contributed by atoms with Crippen LogP contribution in [0.1, 0.15) is 16.8 Å². The molecule has 4 nitrogen and oxygen atoms in total. The molecule has 0 fully saturated rings. The summed E-state index contributed by atoms with van der Waals surface area (Å²) in [6, 6.07) is 13.6. The lowest BCUT2D eigenvalue weighted by molar-refractivity contribution is 0.405. The van der Waals surface area contributed by atoms with Crippen LogP contribution in [-0.2, 0) is 6.42 Å². The number of hydrogen-bond acceptors (Lipinski definition) is 3. The van der Waals surface area contributed by atoms with Gasteiger partial charge in [-0.1, -0.05) is 24.3 Å². The molecule has 0 aliphatic heterocycles. The van der Waals surface area contributed by atoms with E-state index in [1.165, 1.54) is 0 Å². The zero-order valence-electron chi connectivity index (χ0n) is 11.4. The molecule has 0 saturated carbocycles. The number of nitroso groups, excluding NO2 is 1. The number of benzene rings is 2. The first-order valence-electron chi connectivity index (χ1n) is 6.84. The van der Waals surface area contributed by atoms with Crippen LogP contribution in [0.4, 0.5) is 5.69 Å². The largest absolute Gasteiger partial charge is 0.511 e. The number of hydrogen-bond donors (Lipinski definition) is 2. The molecule has 22 heavy (non-hydrogen) atoms. The van der Waals surface area contributed by atoms with Crippen molar-refractivity contribution < 1.29 is 5.11 Å². The van der Waals surface area contributed by atoms with E-state index < -0.39 is 0 Å². The van der Waals surface area contributed by atoms with Gasteiger partial charge >= 0.3 is 0 Å². The number of nitrogens with one attached hydrogen (secondary N) is 1. The highest BCUT2D eigenvalue weighted by Crippen LogP contribution is 2.43. The van der Waals surface area contributed by atoms with Gasteiger partial charge in [0.2, 0.25) is 0 Å². The highest BCUT2D eigenvalue weighted by molar-refractivity contribution is 14.1. The van der Waals surface area contributed by atoms with E-state index in [1.54, 1.807) is 0 Å². The Morgan fingerprint density at radius 1 is 1.18 bits per heavy atom. The molecule has 4 rings (SSSR count). The van der Waals surface area contributed by atoms with Crippen LogP contribution >= 0.6 is 22.6 Å². The minimum atomic E-state index is 0.272. The van der Waals surface area contributed by atoms with Crippen molar-refractivity contribution in [2.75, 3.05) is 0 Å². The fraction of sp³-hybridized carbons (Fsp3) is 0.0588. The number of aromatic nitrogens is 1. The number of nitrogens with zero attached hydrogens (tertiary/aromatic N) is 1. The van der Waals surface area contributed by atoms with Gasteiger partial charge in [0.25, 0.3) is 0 Å². The van der Waals surface area contributed by atoms with Crippen molar-refractivity contribution in [1.82, 2.24) is 4.98 Å². The summed E-state index contributed by atoms with van der Waals surface area (Å²) in [6.45, 7) is 0. The summed E-state index contributed by atoms with van der Waals surface area (Å²) >= 11 is 2.24. The van der Waals surface area contributed by atoms with E-state index in [1.807, 2.05) is 42.5 Å². The monoisotopic (exact) mass is 402 g/mol. The minimum absolute atomic E-state index is 0.272. The number of rotatable bonds is 2. The highest BCUT2D eigenvalue weighted by atomic mass is 127. The zero-order valence-corrected chi connectivity index (χ0v) is 13.6. The molecule has 1 heterocycles. The summed E-state index contributed by atoms with van der Waals surface area (Å²) < 4.78 is 1.08. The lowest BCUT2D eigenvalue weighted by Crippen LogP contribution is -1.90. The molecule has 0 amide bonds. The van der Waals surface area contributed by atoms with Crippen molar-refractivity contribution in [2.45, 2.75) is 6.42 Å². The highest BCUT2D eigenvalue weighted by Gasteiger charge is 2.27. The molecule has 1 aliphatic carbocycles. The Morgan fingerprint density at radius 2 is 2.00 bits per heavy atom. The number of allylic oxidation sites excluding steroid dienone is 1. The first kappa shape index (κ1) is 13.5. The predicted octanol–water partition coefficient (Wildman–Crippen LogP) is 5.04. The zero-order chi connectivity index (χ0) is 15.3. The van der Waals surface area contributed by atoms with Gasteiger partial charge in [0.05, 0.1) is 5.69 Å². The first-order chi connectivity index (χ1) is 10.7. The molecule has 0 saturated heterocycles. The normalized spacial score (nSPS) is 13.7. The Balaban J connectivity index is 2.02. The van der Waals surface area contributed by atoms with E-state index in [0.717, 1.165) is 25.6 Å². The molecule has 0 spiro atoms. The third-order valence-electron chi connectivity index (χ3n) is 4.01. The van der Waals surface area contributed by atoms with Crippen LogP contribution in [0.15, 0.2) is 53.4 Å². The second-order valence-corrected chi connectivity index (χ2v) is 6.53. The van der Waals surface area contributed by atoms with Gasteiger partial charge in [-0.25, -0.2) is 0 Å². The number of fused-ring (bicyclic) bond motifs is 2. The lowest BCUT2D eigenvalue weighted by atomic mass is 10.0. The van der Waals surface area contributed by atoms with Gasteiger partial charge in [-0.05, 0) is 57.1 Å². The quantitative estimate of drug-likeness (QED) is 0.466. The SMILES string of the molecule is O=Nc1c(C2=C(O)Cc3ccc(I)cc32)[nH]c2ccccc12. The Morgan fingerprint density at radius 3 is 2.82 bits per heavy atom. The van der Waals surface area contributed by atoms with Gasteiger partial charge in [0, 0.05) is 26.5 Å². The van der Waals surface area contributed by atoms with E-state index in [9.17, 15) is 10.0 Å². The Hall–Kier alpha value is -2.15. The molecule has 0 unspecified atom stereocenters. The summed E-state index contributed by atoms with van der Waals surface area (Å²) in [4.78, 5) is 14.6. The molecule has 2 aromatic carbocycles. The van der Waals surface area contributed by atoms with Gasteiger partial charge in [0.1, 0.15) is 11.4 Å². The maximum atomic E-state index is 11.4. The second kappa shape index (κ2) is 4.95. The number of halogens is 1. The third-order valence-corrected chi connectivity index (χ3v) is 4.68. The number of para-hydroxylation sites is 1. The average molecular weight is 402 g/mol. The molecule has 1 aromatic heterocycles. The van der Waals surface area contributed by atoms with E-state index in [-0.39, 0.29) is 5.76 Å². The Kier molecular flexibility index (Phi) is 3.04. The first-order valence-corrected chi connectivity index (χ1v) is 7.92. The Bertz CT molecular complexity index is 956. The molecule has 2 N–H and O–H groups in total. The van der Waals surface area contributed by atoms with Crippen molar-refractivity contribution in [2.24, 2.45) is 5.18 Å². The third kappa shape index (κ3) is 1.89. The number of aliphatic hydroxyl groups is 1. The maximum Gasteiger partial charge on any atom is 0.141 e. The van der Waals surface area contributed by atoms with Crippen LogP contribution in [0.3, 0.4) is 0 Å². The molecular weight excluding hydrogens is 391 g/mol.